The van der Waals surface area contributed by atoms with E-state index in [0.717, 1.165) is 27.1 Å². The molecule has 0 radical (unpaired) electrons. The van der Waals surface area contributed by atoms with Crippen LogP contribution in [0.5, 0.6) is 11.5 Å². The maximum Gasteiger partial charge on any atom is 0.251 e. The van der Waals surface area contributed by atoms with Gasteiger partial charge in [0.1, 0.15) is 11.5 Å². The predicted molar refractivity (Wildman–Crippen MR) is 127 cm³/mol. The van der Waals surface area contributed by atoms with Crippen LogP contribution >= 0.6 is 15.9 Å². The molecule has 0 aromatic heterocycles. The molecule has 32 heavy (non-hydrogen) atoms. The number of halogens is 1. The number of hydrogen-bond donors (Lipinski definition) is 2. The second kappa shape index (κ2) is 11.3. The Morgan fingerprint density at radius 2 is 1.41 bits per heavy atom. The molecule has 0 saturated heterocycles. The summed E-state index contributed by atoms with van der Waals surface area (Å²) in [6.07, 6.45) is 0.586. The minimum absolute atomic E-state index is 0.121. The fraction of sp³-hybridized carbons (Fsp3) is 0.200. The van der Waals surface area contributed by atoms with Crippen molar-refractivity contribution in [2.24, 2.45) is 0 Å². The molecule has 2 N–H and O–H groups in total. The Hall–Kier alpha value is -3.32. The van der Waals surface area contributed by atoms with Crippen LogP contribution in [-0.4, -0.2) is 32.6 Å². The molecule has 166 valence electrons. The molecule has 1 atom stereocenters. The maximum absolute atomic E-state index is 12.7. The molecule has 2 amide bonds. The number of nitrogens with one attached hydrogen (secondary N) is 2. The van der Waals surface area contributed by atoms with Crippen LogP contribution in [0.1, 0.15) is 27.5 Å². The number of carbonyl (C=O) groups excluding carboxylic acids is 2. The lowest BCUT2D eigenvalue weighted by molar-refractivity contribution is -0.120. The fourth-order valence-electron chi connectivity index (χ4n) is 3.19. The highest BCUT2D eigenvalue weighted by molar-refractivity contribution is 9.10. The lowest BCUT2D eigenvalue weighted by Gasteiger charge is -2.20. The molecule has 0 spiro atoms. The summed E-state index contributed by atoms with van der Waals surface area (Å²) >= 11 is 3.34. The number of amides is 2. The van der Waals surface area contributed by atoms with E-state index in [9.17, 15) is 9.59 Å². The summed E-state index contributed by atoms with van der Waals surface area (Å²) in [6.45, 7) is -0.121. The monoisotopic (exact) mass is 496 g/mol. The molecule has 0 bridgehead atoms. The molecule has 0 aliphatic heterocycles. The van der Waals surface area contributed by atoms with Crippen LogP contribution in [0.2, 0.25) is 0 Å². The predicted octanol–water partition coefficient (Wildman–Crippen LogP) is 4.30. The third-order valence-electron chi connectivity index (χ3n) is 4.97. The van der Waals surface area contributed by atoms with E-state index in [1.165, 1.54) is 0 Å². The van der Waals surface area contributed by atoms with Crippen molar-refractivity contribution in [1.29, 1.82) is 0 Å². The number of carbonyl (C=O) groups is 2. The first-order valence-corrected chi connectivity index (χ1v) is 10.9. The molecule has 0 saturated carbocycles. The van der Waals surface area contributed by atoms with Crippen molar-refractivity contribution in [1.82, 2.24) is 10.6 Å². The highest BCUT2D eigenvalue weighted by atomic mass is 79.9. The van der Waals surface area contributed by atoms with E-state index in [2.05, 4.69) is 26.6 Å². The Morgan fingerprint density at radius 3 is 1.97 bits per heavy atom. The summed E-state index contributed by atoms with van der Waals surface area (Å²) in [6, 6.07) is 22.0. The van der Waals surface area contributed by atoms with Gasteiger partial charge in [-0.25, -0.2) is 0 Å². The smallest absolute Gasteiger partial charge is 0.251 e. The lowest BCUT2D eigenvalue weighted by atomic mass is 9.98. The first-order valence-electron chi connectivity index (χ1n) is 10.1. The van der Waals surface area contributed by atoms with Gasteiger partial charge in [0.25, 0.3) is 5.91 Å². The van der Waals surface area contributed by atoms with E-state index in [4.69, 9.17) is 9.47 Å². The Kier molecular flexibility index (Phi) is 8.27. The molecule has 3 aromatic carbocycles. The Balaban J connectivity index is 1.68. The van der Waals surface area contributed by atoms with Gasteiger partial charge >= 0.3 is 0 Å². The molecular weight excluding hydrogens is 472 g/mol. The van der Waals surface area contributed by atoms with Crippen molar-refractivity contribution >= 4 is 27.7 Å². The summed E-state index contributed by atoms with van der Waals surface area (Å²) in [5.74, 6) is 0.938. The summed E-state index contributed by atoms with van der Waals surface area (Å²) in [5.41, 5.74) is 2.48. The third-order valence-corrected chi connectivity index (χ3v) is 5.50. The van der Waals surface area contributed by atoms with Crippen LogP contribution in [0.3, 0.4) is 0 Å². The molecule has 0 heterocycles. The molecule has 1 unspecified atom stereocenters. The van der Waals surface area contributed by atoms with Crippen LogP contribution in [0.25, 0.3) is 0 Å². The molecule has 0 aliphatic carbocycles. The lowest BCUT2D eigenvalue weighted by Crippen LogP contribution is -2.39. The van der Waals surface area contributed by atoms with Gasteiger partial charge in [0.05, 0.1) is 26.8 Å². The van der Waals surface area contributed by atoms with Gasteiger partial charge < -0.3 is 20.1 Å². The van der Waals surface area contributed by atoms with Crippen LogP contribution in [0, 0.1) is 0 Å². The SMILES string of the molecule is COc1ccc(CC(NC(=O)CNC(=O)c2ccc(Br)cc2)c2ccc(OC)cc2)cc1. The molecule has 7 heteroatoms. The number of hydrogen-bond acceptors (Lipinski definition) is 4. The van der Waals surface area contributed by atoms with Gasteiger partial charge in [-0.05, 0) is 66.1 Å². The minimum Gasteiger partial charge on any atom is -0.497 e. The standard InChI is InChI=1S/C25H25BrN2O4/c1-31-21-11-3-17(4-12-21)15-23(18-7-13-22(32-2)14-8-18)28-24(29)16-27-25(30)19-5-9-20(26)10-6-19/h3-14,23H,15-16H2,1-2H3,(H,27,30)(H,28,29). The average Bonchev–Trinajstić information content (AvgIpc) is 2.83. The van der Waals surface area contributed by atoms with E-state index in [-0.39, 0.29) is 24.4 Å². The van der Waals surface area contributed by atoms with Gasteiger partial charge in [0.15, 0.2) is 0 Å². The maximum atomic E-state index is 12.7. The van der Waals surface area contributed by atoms with E-state index in [1.807, 2.05) is 48.5 Å². The van der Waals surface area contributed by atoms with E-state index in [0.29, 0.717) is 12.0 Å². The molecule has 6 nitrogen and oxygen atoms in total. The zero-order chi connectivity index (χ0) is 22.9. The van der Waals surface area contributed by atoms with E-state index in [1.54, 1.807) is 38.5 Å². The van der Waals surface area contributed by atoms with Gasteiger partial charge in [-0.3, -0.25) is 9.59 Å². The fourth-order valence-corrected chi connectivity index (χ4v) is 3.46. The van der Waals surface area contributed by atoms with Crippen molar-refractivity contribution in [2.75, 3.05) is 20.8 Å². The molecular formula is C25H25BrN2O4. The van der Waals surface area contributed by atoms with Gasteiger partial charge in [-0.15, -0.1) is 0 Å². The van der Waals surface area contributed by atoms with Crippen LogP contribution in [0.15, 0.2) is 77.3 Å². The normalized spacial score (nSPS) is 11.3. The van der Waals surface area contributed by atoms with Gasteiger partial charge in [-0.1, -0.05) is 40.2 Å². The van der Waals surface area contributed by atoms with Gasteiger partial charge in [0.2, 0.25) is 5.91 Å². The topological polar surface area (TPSA) is 76.7 Å². The molecule has 3 rings (SSSR count). The first kappa shape index (κ1) is 23.3. The summed E-state index contributed by atoms with van der Waals surface area (Å²) in [4.78, 5) is 25.0. The second-order valence-corrected chi connectivity index (χ2v) is 8.05. The van der Waals surface area contributed by atoms with Crippen molar-refractivity contribution in [2.45, 2.75) is 12.5 Å². The van der Waals surface area contributed by atoms with Crippen molar-refractivity contribution in [3.05, 3.63) is 94.0 Å². The van der Waals surface area contributed by atoms with Crippen molar-refractivity contribution < 1.29 is 19.1 Å². The largest absolute Gasteiger partial charge is 0.497 e. The zero-order valence-electron chi connectivity index (χ0n) is 17.9. The van der Waals surface area contributed by atoms with Crippen molar-refractivity contribution in [3.8, 4) is 11.5 Å². The van der Waals surface area contributed by atoms with E-state index < -0.39 is 0 Å². The van der Waals surface area contributed by atoms with Crippen LogP contribution in [0.4, 0.5) is 0 Å². The number of ether oxygens (including phenoxy) is 2. The summed E-state index contributed by atoms with van der Waals surface area (Å²) < 4.78 is 11.3. The number of methoxy groups -OCH3 is 2. The Bertz CT molecular complexity index is 1040. The Morgan fingerprint density at radius 1 is 0.844 bits per heavy atom. The zero-order valence-corrected chi connectivity index (χ0v) is 19.5. The third kappa shape index (κ3) is 6.59. The van der Waals surface area contributed by atoms with Crippen LogP contribution in [-0.2, 0) is 11.2 Å². The molecule has 0 aliphatic rings. The number of rotatable bonds is 9. The second-order valence-electron chi connectivity index (χ2n) is 7.14. The van der Waals surface area contributed by atoms with Gasteiger partial charge in [0, 0.05) is 10.0 Å². The first-order chi connectivity index (χ1) is 15.5. The molecule has 0 fully saturated rings. The van der Waals surface area contributed by atoms with E-state index >= 15 is 0 Å². The highest BCUT2D eigenvalue weighted by Crippen LogP contribution is 2.23. The summed E-state index contributed by atoms with van der Waals surface area (Å²) in [7, 11) is 3.23. The van der Waals surface area contributed by atoms with Crippen molar-refractivity contribution in [3.63, 3.8) is 0 Å². The summed E-state index contributed by atoms with van der Waals surface area (Å²) in [5, 5.41) is 5.70. The highest BCUT2D eigenvalue weighted by Gasteiger charge is 2.17. The quantitative estimate of drug-likeness (QED) is 0.463. The number of benzene rings is 3. The molecule has 3 aromatic rings. The van der Waals surface area contributed by atoms with Gasteiger partial charge in [-0.2, -0.15) is 0 Å². The minimum atomic E-state index is -0.302. The van der Waals surface area contributed by atoms with Crippen LogP contribution < -0.4 is 20.1 Å². The Labute approximate surface area is 196 Å². The average molecular weight is 497 g/mol.